The first-order valence-electron chi connectivity index (χ1n) is 8.59. The Hall–Kier alpha value is -3.29. The maximum atomic E-state index is 12.6. The van der Waals surface area contributed by atoms with Gasteiger partial charge in [-0.25, -0.2) is 0 Å². The number of hydrogen-bond donors (Lipinski definition) is 1. The Morgan fingerprint density at radius 1 is 1.03 bits per heavy atom. The number of rotatable bonds is 7. The van der Waals surface area contributed by atoms with Crippen molar-refractivity contribution in [3.63, 3.8) is 0 Å². The van der Waals surface area contributed by atoms with Gasteiger partial charge < -0.3 is 14.8 Å². The number of halogens is 3. The topological polar surface area (TPSA) is 64.6 Å². The first-order valence-corrected chi connectivity index (χ1v) is 8.59. The van der Waals surface area contributed by atoms with Crippen LogP contribution in [0.4, 0.5) is 13.2 Å². The smallest absolute Gasteiger partial charge is 0.416 e. The third-order valence-electron chi connectivity index (χ3n) is 4.10. The molecule has 5 nitrogen and oxygen atoms in total. The maximum absolute atomic E-state index is 12.6. The van der Waals surface area contributed by atoms with Gasteiger partial charge in [-0.05, 0) is 41.5 Å². The molecule has 0 aliphatic carbocycles. The summed E-state index contributed by atoms with van der Waals surface area (Å²) in [6.07, 6.45) is -1.92. The summed E-state index contributed by atoms with van der Waals surface area (Å²) in [4.78, 5) is 23.9. The van der Waals surface area contributed by atoms with Crippen LogP contribution in [0.2, 0.25) is 0 Å². The number of alkyl halides is 3. The largest absolute Gasteiger partial charge is 0.497 e. The van der Waals surface area contributed by atoms with Crippen LogP contribution in [0.15, 0.2) is 54.6 Å². The van der Waals surface area contributed by atoms with E-state index < -0.39 is 29.7 Å². The number of nitrogens with one attached hydrogen (secondary N) is 1. The third-order valence-corrected chi connectivity index (χ3v) is 4.10. The van der Waals surface area contributed by atoms with Crippen LogP contribution in [-0.2, 0) is 20.5 Å². The van der Waals surface area contributed by atoms with Crippen LogP contribution in [0.1, 0.15) is 29.2 Å². The van der Waals surface area contributed by atoms with Gasteiger partial charge in [-0.3, -0.25) is 9.59 Å². The molecular formula is C21H20F3NO4. The first kappa shape index (κ1) is 22.0. The normalized spacial score (nSPS) is 12.4. The summed E-state index contributed by atoms with van der Waals surface area (Å²) in [6, 6.07) is 10.6. The minimum Gasteiger partial charge on any atom is -0.497 e. The molecule has 0 bridgehead atoms. The van der Waals surface area contributed by atoms with Gasteiger partial charge in [-0.1, -0.05) is 24.3 Å². The molecular weight excluding hydrogens is 387 g/mol. The highest BCUT2D eigenvalue weighted by Crippen LogP contribution is 2.29. The third kappa shape index (κ3) is 6.67. The minimum absolute atomic E-state index is 0.0807. The van der Waals surface area contributed by atoms with Crippen LogP contribution in [0, 0.1) is 0 Å². The number of amides is 1. The fourth-order valence-electron chi connectivity index (χ4n) is 2.51. The Kier molecular flexibility index (Phi) is 7.41. The zero-order chi connectivity index (χ0) is 21.4. The van der Waals surface area contributed by atoms with Crippen molar-refractivity contribution in [1.82, 2.24) is 5.32 Å². The van der Waals surface area contributed by atoms with E-state index in [-0.39, 0.29) is 6.42 Å². The molecule has 29 heavy (non-hydrogen) atoms. The highest BCUT2D eigenvalue weighted by molar-refractivity contribution is 5.92. The number of hydrogen-bond acceptors (Lipinski definition) is 4. The molecule has 1 atom stereocenters. The zero-order valence-corrected chi connectivity index (χ0v) is 15.8. The van der Waals surface area contributed by atoms with E-state index in [0.29, 0.717) is 16.9 Å². The molecule has 2 rings (SSSR count). The van der Waals surface area contributed by atoms with E-state index in [0.717, 1.165) is 12.1 Å². The van der Waals surface area contributed by atoms with E-state index in [1.54, 1.807) is 24.3 Å². The lowest BCUT2D eigenvalue weighted by Gasteiger charge is -2.17. The van der Waals surface area contributed by atoms with E-state index >= 15 is 0 Å². The zero-order valence-electron chi connectivity index (χ0n) is 15.8. The van der Waals surface area contributed by atoms with Gasteiger partial charge in [0.2, 0.25) is 5.91 Å². The molecule has 0 fully saturated rings. The van der Waals surface area contributed by atoms with Crippen LogP contribution in [0.25, 0.3) is 6.08 Å². The van der Waals surface area contributed by atoms with Crippen LogP contribution in [0.5, 0.6) is 5.75 Å². The van der Waals surface area contributed by atoms with Crippen molar-refractivity contribution in [3.05, 3.63) is 71.3 Å². The van der Waals surface area contributed by atoms with E-state index in [2.05, 4.69) is 10.1 Å². The summed E-state index contributed by atoms with van der Waals surface area (Å²) in [6.45, 7) is 0. The molecule has 1 unspecified atom stereocenters. The number of carbonyl (C=O) groups excluding carboxylic acids is 2. The van der Waals surface area contributed by atoms with Crippen molar-refractivity contribution in [1.29, 1.82) is 0 Å². The minimum atomic E-state index is -4.42. The second kappa shape index (κ2) is 9.77. The van der Waals surface area contributed by atoms with E-state index in [4.69, 9.17) is 4.74 Å². The predicted octanol–water partition coefficient (Wildman–Crippen LogP) is 4.15. The first-order chi connectivity index (χ1) is 13.7. The summed E-state index contributed by atoms with van der Waals surface area (Å²) < 4.78 is 47.5. The van der Waals surface area contributed by atoms with Crippen molar-refractivity contribution < 1.29 is 32.2 Å². The Labute approximate surface area is 166 Å². The van der Waals surface area contributed by atoms with E-state index in [1.807, 2.05) is 0 Å². The molecule has 2 aromatic rings. The van der Waals surface area contributed by atoms with Crippen LogP contribution < -0.4 is 10.1 Å². The van der Waals surface area contributed by atoms with E-state index in [1.165, 1.54) is 38.5 Å². The standard InChI is InChI=1S/C21H20F3NO4/c1-28-17-10-6-15(7-11-17)18(13-20(27)29-2)25-19(26)12-5-14-3-8-16(9-4-14)21(22,23)24/h3-12,18H,13H2,1-2H3,(H,25,26)/b12-5+. The molecule has 0 radical (unpaired) electrons. The average Bonchev–Trinajstić information content (AvgIpc) is 2.71. The predicted molar refractivity (Wildman–Crippen MR) is 101 cm³/mol. The number of benzene rings is 2. The van der Waals surface area contributed by atoms with Gasteiger partial charge in [-0.2, -0.15) is 13.2 Å². The number of esters is 1. The molecule has 0 aromatic heterocycles. The molecule has 1 N–H and O–H groups in total. The average molecular weight is 407 g/mol. The fourth-order valence-corrected chi connectivity index (χ4v) is 2.51. The van der Waals surface area contributed by atoms with Gasteiger partial charge in [-0.15, -0.1) is 0 Å². The van der Waals surface area contributed by atoms with Crippen molar-refractivity contribution >= 4 is 18.0 Å². The second-order valence-corrected chi connectivity index (χ2v) is 6.07. The Balaban J connectivity index is 2.09. The van der Waals surface area contributed by atoms with Crippen molar-refractivity contribution in [2.24, 2.45) is 0 Å². The summed E-state index contributed by atoms with van der Waals surface area (Å²) in [5, 5.41) is 2.69. The highest BCUT2D eigenvalue weighted by Gasteiger charge is 2.29. The second-order valence-electron chi connectivity index (χ2n) is 6.07. The molecule has 0 saturated heterocycles. The summed E-state index contributed by atoms with van der Waals surface area (Å²) in [5.74, 6) is -0.383. The molecule has 2 aromatic carbocycles. The van der Waals surface area contributed by atoms with Gasteiger partial charge in [0.05, 0.1) is 32.2 Å². The van der Waals surface area contributed by atoms with Crippen LogP contribution in [-0.4, -0.2) is 26.1 Å². The number of methoxy groups -OCH3 is 2. The quantitative estimate of drug-likeness (QED) is 0.553. The van der Waals surface area contributed by atoms with Crippen molar-refractivity contribution in [2.45, 2.75) is 18.6 Å². The molecule has 0 heterocycles. The highest BCUT2D eigenvalue weighted by atomic mass is 19.4. The van der Waals surface area contributed by atoms with Crippen molar-refractivity contribution in [3.8, 4) is 5.75 Å². The Morgan fingerprint density at radius 3 is 2.17 bits per heavy atom. The fraction of sp³-hybridized carbons (Fsp3) is 0.238. The van der Waals surface area contributed by atoms with Gasteiger partial charge in [0.15, 0.2) is 0 Å². The lowest BCUT2D eigenvalue weighted by Crippen LogP contribution is -2.29. The summed E-state index contributed by atoms with van der Waals surface area (Å²) in [7, 11) is 2.77. The van der Waals surface area contributed by atoms with E-state index in [9.17, 15) is 22.8 Å². The number of ether oxygens (including phenoxy) is 2. The Morgan fingerprint density at radius 2 is 1.66 bits per heavy atom. The van der Waals surface area contributed by atoms with Gasteiger partial charge in [0, 0.05) is 6.08 Å². The van der Waals surface area contributed by atoms with Gasteiger partial charge >= 0.3 is 12.1 Å². The maximum Gasteiger partial charge on any atom is 0.416 e. The van der Waals surface area contributed by atoms with Crippen LogP contribution >= 0.6 is 0 Å². The number of carbonyl (C=O) groups is 2. The molecule has 0 aliphatic heterocycles. The summed E-state index contributed by atoms with van der Waals surface area (Å²) in [5.41, 5.74) is 0.339. The molecule has 0 spiro atoms. The summed E-state index contributed by atoms with van der Waals surface area (Å²) >= 11 is 0. The lowest BCUT2D eigenvalue weighted by molar-refractivity contribution is -0.141. The SMILES string of the molecule is COC(=O)CC(NC(=O)/C=C/c1ccc(C(F)(F)F)cc1)c1ccc(OC)cc1. The lowest BCUT2D eigenvalue weighted by atomic mass is 10.0. The molecule has 0 saturated carbocycles. The van der Waals surface area contributed by atoms with Gasteiger partial charge in [0.1, 0.15) is 5.75 Å². The van der Waals surface area contributed by atoms with Crippen LogP contribution in [0.3, 0.4) is 0 Å². The van der Waals surface area contributed by atoms with Gasteiger partial charge in [0.25, 0.3) is 0 Å². The Bertz CT molecular complexity index is 859. The molecule has 1 amide bonds. The van der Waals surface area contributed by atoms with Crippen molar-refractivity contribution in [2.75, 3.05) is 14.2 Å². The molecule has 154 valence electrons. The molecule has 0 aliphatic rings. The molecule has 8 heteroatoms. The monoisotopic (exact) mass is 407 g/mol.